The summed E-state index contributed by atoms with van der Waals surface area (Å²) in [6.07, 6.45) is 1.31. The molecule has 3 aromatic carbocycles. The SMILES string of the molecule is N#C/C(=C\c1ccc(Oc2ccc([N+](=O)[O-])cc2C#N)cc1)C(=O)Nc1ccccc1C(=O)O. The van der Waals surface area contributed by atoms with Crippen molar-refractivity contribution in [1.82, 2.24) is 0 Å². The van der Waals surface area contributed by atoms with E-state index >= 15 is 0 Å². The number of nitriles is 2. The fourth-order valence-corrected chi connectivity index (χ4v) is 2.85. The number of nitrogens with one attached hydrogen (secondary N) is 1. The normalized spacial score (nSPS) is 10.5. The van der Waals surface area contributed by atoms with Gasteiger partial charge >= 0.3 is 5.97 Å². The van der Waals surface area contributed by atoms with Crippen molar-refractivity contribution in [2.75, 3.05) is 5.32 Å². The Balaban J connectivity index is 1.78. The van der Waals surface area contributed by atoms with Crippen molar-refractivity contribution in [3.63, 3.8) is 0 Å². The summed E-state index contributed by atoms with van der Waals surface area (Å²) in [4.78, 5) is 34.0. The second kappa shape index (κ2) is 10.2. The van der Waals surface area contributed by atoms with Crippen LogP contribution in [0.1, 0.15) is 21.5 Å². The van der Waals surface area contributed by atoms with Crippen LogP contribution in [0.25, 0.3) is 6.08 Å². The van der Waals surface area contributed by atoms with Crippen LogP contribution in [-0.2, 0) is 4.79 Å². The zero-order valence-corrected chi connectivity index (χ0v) is 17.3. The number of para-hydroxylation sites is 1. The van der Waals surface area contributed by atoms with Crippen LogP contribution in [0.5, 0.6) is 11.5 Å². The number of carboxylic acid groups (broad SMARTS) is 1. The number of rotatable bonds is 7. The fraction of sp³-hybridized carbons (Fsp3) is 0. The minimum atomic E-state index is -1.22. The van der Waals surface area contributed by atoms with Gasteiger partial charge in [0.1, 0.15) is 34.8 Å². The van der Waals surface area contributed by atoms with Crippen molar-refractivity contribution in [3.05, 3.63) is 99.1 Å². The van der Waals surface area contributed by atoms with E-state index in [0.29, 0.717) is 11.3 Å². The van der Waals surface area contributed by atoms with Crippen LogP contribution < -0.4 is 10.1 Å². The number of anilines is 1. The van der Waals surface area contributed by atoms with Crippen molar-refractivity contribution >= 4 is 29.3 Å². The molecule has 166 valence electrons. The first-order valence-electron chi connectivity index (χ1n) is 9.54. The first-order valence-corrected chi connectivity index (χ1v) is 9.54. The molecule has 0 spiro atoms. The van der Waals surface area contributed by atoms with Gasteiger partial charge in [0.05, 0.1) is 16.2 Å². The third-order valence-electron chi connectivity index (χ3n) is 4.48. The van der Waals surface area contributed by atoms with Gasteiger partial charge in [-0.3, -0.25) is 14.9 Å². The number of nitrogens with zero attached hydrogens (tertiary/aromatic N) is 3. The quantitative estimate of drug-likeness (QED) is 0.228. The number of nitro groups is 1. The maximum atomic E-state index is 12.5. The number of hydrogen-bond acceptors (Lipinski definition) is 7. The molecule has 0 bridgehead atoms. The lowest BCUT2D eigenvalue weighted by molar-refractivity contribution is -0.384. The minimum Gasteiger partial charge on any atom is -0.478 e. The van der Waals surface area contributed by atoms with Crippen LogP contribution in [0.3, 0.4) is 0 Å². The maximum Gasteiger partial charge on any atom is 0.337 e. The third kappa shape index (κ3) is 5.41. The van der Waals surface area contributed by atoms with Gasteiger partial charge in [-0.2, -0.15) is 10.5 Å². The second-order valence-corrected chi connectivity index (χ2v) is 6.70. The van der Waals surface area contributed by atoms with Crippen molar-refractivity contribution in [2.24, 2.45) is 0 Å². The Hall–Kier alpha value is -5.48. The summed E-state index contributed by atoms with van der Waals surface area (Å²) >= 11 is 0. The number of carboxylic acids is 1. The lowest BCUT2D eigenvalue weighted by Crippen LogP contribution is -2.16. The van der Waals surface area contributed by atoms with Crippen LogP contribution in [0.2, 0.25) is 0 Å². The highest BCUT2D eigenvalue weighted by molar-refractivity contribution is 6.11. The lowest BCUT2D eigenvalue weighted by Gasteiger charge is -2.08. The zero-order chi connectivity index (χ0) is 24.7. The number of benzene rings is 3. The highest BCUT2D eigenvalue weighted by atomic mass is 16.6. The predicted molar refractivity (Wildman–Crippen MR) is 120 cm³/mol. The van der Waals surface area contributed by atoms with E-state index in [-0.39, 0.29) is 33.8 Å². The Morgan fingerprint density at radius 1 is 1.06 bits per heavy atom. The number of carbonyl (C=O) groups excluding carboxylic acids is 1. The van der Waals surface area contributed by atoms with Crippen LogP contribution in [0, 0.1) is 32.8 Å². The van der Waals surface area contributed by atoms with Gasteiger partial charge in [0, 0.05) is 12.1 Å². The topological polar surface area (TPSA) is 166 Å². The molecule has 0 aromatic heterocycles. The first kappa shape index (κ1) is 23.2. The van der Waals surface area contributed by atoms with Crippen LogP contribution >= 0.6 is 0 Å². The molecule has 10 nitrogen and oxygen atoms in total. The van der Waals surface area contributed by atoms with Gasteiger partial charge in [0.2, 0.25) is 0 Å². The van der Waals surface area contributed by atoms with Crippen LogP contribution in [0.15, 0.2) is 72.3 Å². The summed E-state index contributed by atoms with van der Waals surface area (Å²) in [6, 6.07) is 19.2. The largest absolute Gasteiger partial charge is 0.478 e. The summed E-state index contributed by atoms with van der Waals surface area (Å²) in [5.74, 6) is -1.55. The highest BCUT2D eigenvalue weighted by Gasteiger charge is 2.15. The van der Waals surface area contributed by atoms with Crippen molar-refractivity contribution in [2.45, 2.75) is 0 Å². The summed E-state index contributed by atoms with van der Waals surface area (Å²) in [5, 5.41) is 41.1. The number of aromatic carboxylic acids is 1. The summed E-state index contributed by atoms with van der Waals surface area (Å²) < 4.78 is 5.62. The number of non-ortho nitro benzene ring substituents is 1. The average molecular weight is 454 g/mol. The molecule has 34 heavy (non-hydrogen) atoms. The molecule has 3 rings (SSSR count). The molecule has 0 heterocycles. The molecule has 0 saturated heterocycles. The Morgan fingerprint density at radius 3 is 2.38 bits per heavy atom. The average Bonchev–Trinajstić information content (AvgIpc) is 2.83. The third-order valence-corrected chi connectivity index (χ3v) is 4.48. The van der Waals surface area contributed by atoms with Gasteiger partial charge in [-0.25, -0.2) is 4.79 Å². The monoisotopic (exact) mass is 454 g/mol. The summed E-state index contributed by atoms with van der Waals surface area (Å²) in [5.41, 5.74) is -0.0781. The van der Waals surface area contributed by atoms with Gasteiger partial charge < -0.3 is 15.2 Å². The number of amides is 1. The van der Waals surface area contributed by atoms with Gasteiger partial charge in [-0.05, 0) is 42.0 Å². The lowest BCUT2D eigenvalue weighted by atomic mass is 10.1. The molecule has 10 heteroatoms. The molecule has 0 unspecified atom stereocenters. The second-order valence-electron chi connectivity index (χ2n) is 6.70. The van der Waals surface area contributed by atoms with E-state index in [1.807, 2.05) is 6.07 Å². The van der Waals surface area contributed by atoms with Gasteiger partial charge in [-0.15, -0.1) is 0 Å². The molecule has 0 saturated carbocycles. The van der Waals surface area contributed by atoms with E-state index in [4.69, 9.17) is 4.74 Å². The van der Waals surface area contributed by atoms with Gasteiger partial charge in [0.15, 0.2) is 0 Å². The molecule has 0 aliphatic carbocycles. The summed E-state index contributed by atoms with van der Waals surface area (Å²) in [6.45, 7) is 0. The minimum absolute atomic E-state index is 0.0109. The van der Waals surface area contributed by atoms with E-state index in [0.717, 1.165) is 6.07 Å². The molecule has 0 aliphatic rings. The molecule has 0 aliphatic heterocycles. The predicted octanol–water partition coefficient (Wildman–Crippen LogP) is 4.50. The fourth-order valence-electron chi connectivity index (χ4n) is 2.85. The van der Waals surface area contributed by atoms with Crippen LogP contribution in [-0.4, -0.2) is 21.9 Å². The Kier molecular flexibility index (Phi) is 6.97. The first-order chi connectivity index (χ1) is 16.3. The molecule has 3 aromatic rings. The number of ether oxygens (including phenoxy) is 1. The zero-order valence-electron chi connectivity index (χ0n) is 17.3. The standard InChI is InChI=1S/C24H14N4O6/c25-13-16-12-18(28(32)33)7-10-22(16)34-19-8-5-15(6-9-19)11-17(14-26)23(29)27-21-4-2-1-3-20(21)24(30)31/h1-12H,(H,27,29)(H,30,31)/b17-11+. The molecule has 0 fully saturated rings. The number of hydrogen-bond donors (Lipinski definition) is 2. The van der Waals surface area contributed by atoms with E-state index in [9.17, 15) is 35.3 Å². The van der Waals surface area contributed by atoms with Crippen molar-refractivity contribution in [3.8, 4) is 23.6 Å². The molecule has 0 radical (unpaired) electrons. The molecular formula is C24H14N4O6. The molecular weight excluding hydrogens is 440 g/mol. The highest BCUT2D eigenvalue weighted by Crippen LogP contribution is 2.28. The van der Waals surface area contributed by atoms with E-state index < -0.39 is 16.8 Å². The number of carbonyl (C=O) groups is 2. The molecule has 0 atom stereocenters. The van der Waals surface area contributed by atoms with E-state index in [1.54, 1.807) is 24.3 Å². The molecule has 1 amide bonds. The van der Waals surface area contributed by atoms with E-state index in [2.05, 4.69) is 5.32 Å². The van der Waals surface area contributed by atoms with Crippen LogP contribution in [0.4, 0.5) is 11.4 Å². The number of nitro benzene ring substituents is 1. The Bertz CT molecular complexity index is 1400. The molecule has 2 N–H and O–H groups in total. The maximum absolute atomic E-state index is 12.5. The smallest absolute Gasteiger partial charge is 0.337 e. The van der Waals surface area contributed by atoms with Gasteiger partial charge in [-0.1, -0.05) is 24.3 Å². The Labute approximate surface area is 192 Å². The van der Waals surface area contributed by atoms with Gasteiger partial charge in [0.25, 0.3) is 11.6 Å². The van der Waals surface area contributed by atoms with Crippen molar-refractivity contribution in [1.29, 1.82) is 10.5 Å². The van der Waals surface area contributed by atoms with E-state index in [1.165, 1.54) is 48.5 Å². The van der Waals surface area contributed by atoms with Crippen molar-refractivity contribution < 1.29 is 24.4 Å². The Morgan fingerprint density at radius 2 is 1.76 bits per heavy atom. The summed E-state index contributed by atoms with van der Waals surface area (Å²) in [7, 11) is 0.